The third kappa shape index (κ3) is 11.3. The van der Waals surface area contributed by atoms with E-state index in [4.69, 9.17) is 4.98 Å². The first-order chi connectivity index (χ1) is 45.3. The van der Waals surface area contributed by atoms with Crippen LogP contribution in [0.2, 0.25) is 0 Å². The maximum absolute atomic E-state index is 9.49. The molecule has 0 unspecified atom stereocenters. The van der Waals surface area contributed by atoms with Crippen LogP contribution < -0.4 is 5.46 Å². The molecule has 0 bridgehead atoms. The second-order valence-corrected chi connectivity index (χ2v) is 24.2. The molecular weight excluding hydrogens is 1260 g/mol. The Bertz CT molecular complexity index is 5210. The smallest absolute Gasteiger partial charge is 0.423 e. The minimum atomic E-state index is -1.47. The summed E-state index contributed by atoms with van der Waals surface area (Å²) in [5, 5.41) is 26.5. The van der Waals surface area contributed by atoms with Crippen LogP contribution in [0.3, 0.4) is 0 Å². The number of halogens is 2. The van der Waals surface area contributed by atoms with E-state index in [1.807, 2.05) is 42.7 Å². The normalized spacial score (nSPS) is 11.3. The van der Waals surface area contributed by atoms with E-state index in [0.717, 1.165) is 59.6 Å². The Morgan fingerprint density at radius 2 is 0.522 bits per heavy atom. The lowest BCUT2D eigenvalue weighted by Crippen LogP contribution is -2.29. The lowest BCUT2D eigenvalue weighted by Gasteiger charge is -2.12. The summed E-state index contributed by atoms with van der Waals surface area (Å²) in [6.45, 7) is 0. The molecule has 12 aromatic carbocycles. The number of hydrogen-bond acceptors (Lipinski definition) is 5. The maximum Gasteiger partial charge on any atom is 0.488 e. The van der Waals surface area contributed by atoms with Crippen LogP contribution in [-0.4, -0.2) is 45.8 Å². The quantitative estimate of drug-likeness (QED) is 0.111. The minimum absolute atomic E-state index is 0.486. The summed E-state index contributed by atoms with van der Waals surface area (Å²) in [6.07, 6.45) is 5.42. The van der Waals surface area contributed by atoms with Gasteiger partial charge in [0.2, 0.25) is 0 Å². The van der Waals surface area contributed by atoms with Crippen LogP contribution in [0.15, 0.2) is 331 Å². The van der Waals surface area contributed by atoms with Gasteiger partial charge in [-0.3, -0.25) is 4.98 Å². The highest BCUT2D eigenvalue weighted by Gasteiger charge is 2.17. The largest absolute Gasteiger partial charge is 0.488 e. The van der Waals surface area contributed by atoms with Crippen molar-refractivity contribution in [1.29, 1.82) is 0 Å². The fraction of sp³-hybridized carbons (Fsp3) is 0. The summed E-state index contributed by atoms with van der Waals surface area (Å²) in [5.41, 5.74) is 22.1. The SMILES string of the molecule is Brc1cc(Br)ncn1.OB(O)c1cccc(-c2cccc(-n3c4ccccc4c4ccccc43)c2)c1.c1cc(-c2cncc(-c3cccc(-c4cccc(-n5c6ccccc6c6ccccc65)c4)c3)c2)cc(-c2cccc(-n3c4ccccc4c4ccccc43)c2)c1. The molecule has 5 aromatic heterocycles. The van der Waals surface area contributed by atoms with Crippen molar-refractivity contribution >= 4 is 110 Å². The van der Waals surface area contributed by atoms with Gasteiger partial charge in [-0.25, -0.2) is 9.97 Å². The molecule has 0 saturated carbocycles. The van der Waals surface area contributed by atoms with E-state index >= 15 is 0 Å². The number of benzene rings is 12. The summed E-state index contributed by atoms with van der Waals surface area (Å²) in [4.78, 5) is 12.4. The highest BCUT2D eigenvalue weighted by atomic mass is 79.9. The van der Waals surface area contributed by atoms with E-state index < -0.39 is 7.12 Å². The molecule has 438 valence electrons. The van der Waals surface area contributed by atoms with Gasteiger partial charge in [0, 0.05) is 79.0 Å². The molecule has 0 fully saturated rings. The molecule has 8 nitrogen and oxygen atoms in total. The Morgan fingerprint density at radius 1 is 0.261 bits per heavy atom. The molecule has 92 heavy (non-hydrogen) atoms. The molecule has 0 amide bonds. The molecule has 17 rings (SSSR count). The van der Waals surface area contributed by atoms with Gasteiger partial charge in [-0.05, 0) is 173 Å². The molecule has 2 N–H and O–H groups in total. The van der Waals surface area contributed by atoms with E-state index in [1.165, 1.54) is 94.0 Å². The van der Waals surface area contributed by atoms with Crippen molar-refractivity contribution in [3.63, 3.8) is 0 Å². The topological polar surface area (TPSA) is 93.9 Å². The van der Waals surface area contributed by atoms with E-state index in [-0.39, 0.29) is 0 Å². The predicted octanol–water partition coefficient (Wildman–Crippen LogP) is 20.1. The molecule has 0 aliphatic rings. The van der Waals surface area contributed by atoms with Crippen molar-refractivity contribution in [3.05, 3.63) is 331 Å². The molecule has 0 aliphatic carbocycles. The molecule has 11 heteroatoms. The van der Waals surface area contributed by atoms with E-state index in [1.54, 1.807) is 12.1 Å². The number of pyridine rings is 1. The Kier molecular flexibility index (Phi) is 15.8. The molecule has 5 heterocycles. The summed E-state index contributed by atoms with van der Waals surface area (Å²) in [7, 11) is -1.47. The molecule has 0 atom stereocenters. The molecular formula is C81H55BBr2N6O2. The van der Waals surface area contributed by atoms with Crippen molar-refractivity contribution < 1.29 is 10.0 Å². The van der Waals surface area contributed by atoms with Crippen molar-refractivity contribution in [2.45, 2.75) is 0 Å². The van der Waals surface area contributed by atoms with Crippen molar-refractivity contribution in [3.8, 4) is 72.7 Å². The fourth-order valence-corrected chi connectivity index (χ4v) is 13.7. The standard InChI is InChI=1S/C53H35N3.C24H18BNO2.C4H2Br2N2/c1-5-25-50-46(21-1)47-22-2-6-26-51(47)55(50)44-19-11-17-40(32-44)36-13-9-15-38(29-36)42-31-43(35-54-34-42)39-16-10-14-37(30-39)41-18-12-20-45(33-41)56-52-27-7-3-23-48(52)49-24-4-8-28-53(49)56;27-25(28)19-9-5-7-17(15-19)18-8-6-10-20(16-18)26-23-13-3-1-11-21(23)22-12-2-4-14-24(22)26;5-3-1-4(6)8-2-7-3/h1-35H;1-16,27-28H;1-2H. The first-order valence-electron chi connectivity index (χ1n) is 30.3. The van der Waals surface area contributed by atoms with Crippen LogP contribution in [0.5, 0.6) is 0 Å². The van der Waals surface area contributed by atoms with Gasteiger partial charge in [-0.15, -0.1) is 0 Å². The number of aromatic nitrogens is 6. The zero-order valence-electron chi connectivity index (χ0n) is 49.5. The lowest BCUT2D eigenvalue weighted by molar-refractivity contribution is 0.426. The Balaban J connectivity index is 0.000000161. The van der Waals surface area contributed by atoms with Gasteiger partial charge in [-0.2, -0.15) is 0 Å². The summed E-state index contributed by atoms with van der Waals surface area (Å²) < 4.78 is 8.61. The van der Waals surface area contributed by atoms with Crippen LogP contribution in [0.25, 0.3) is 138 Å². The Morgan fingerprint density at radius 3 is 0.826 bits per heavy atom. The molecule has 0 spiro atoms. The maximum atomic E-state index is 9.49. The summed E-state index contributed by atoms with van der Waals surface area (Å²) >= 11 is 6.36. The number of rotatable bonds is 9. The van der Waals surface area contributed by atoms with E-state index in [0.29, 0.717) is 5.46 Å². The van der Waals surface area contributed by atoms with Gasteiger partial charge in [0.05, 0.1) is 33.1 Å². The molecule has 0 radical (unpaired) electrons. The second-order valence-electron chi connectivity index (χ2n) is 22.5. The highest BCUT2D eigenvalue weighted by Crippen LogP contribution is 2.38. The average Bonchev–Trinajstić information content (AvgIpc) is 1.62. The zero-order valence-corrected chi connectivity index (χ0v) is 52.7. The van der Waals surface area contributed by atoms with Crippen LogP contribution in [0, 0.1) is 0 Å². The van der Waals surface area contributed by atoms with Crippen LogP contribution >= 0.6 is 31.9 Å². The van der Waals surface area contributed by atoms with E-state index in [9.17, 15) is 10.0 Å². The summed E-state index contributed by atoms with van der Waals surface area (Å²) in [5.74, 6) is 0. The van der Waals surface area contributed by atoms with Gasteiger partial charge >= 0.3 is 7.12 Å². The van der Waals surface area contributed by atoms with E-state index in [2.05, 4.69) is 316 Å². The van der Waals surface area contributed by atoms with Gasteiger partial charge in [0.25, 0.3) is 0 Å². The monoisotopic (exact) mass is 1310 g/mol. The van der Waals surface area contributed by atoms with Gasteiger partial charge in [0.1, 0.15) is 15.5 Å². The van der Waals surface area contributed by atoms with Crippen LogP contribution in [-0.2, 0) is 0 Å². The molecule has 0 aliphatic heterocycles. The van der Waals surface area contributed by atoms with Crippen LogP contribution in [0.1, 0.15) is 0 Å². The lowest BCUT2D eigenvalue weighted by atomic mass is 9.79. The van der Waals surface area contributed by atoms with Gasteiger partial charge in [0.15, 0.2) is 0 Å². The van der Waals surface area contributed by atoms with Crippen molar-refractivity contribution in [2.24, 2.45) is 0 Å². The predicted molar refractivity (Wildman–Crippen MR) is 388 cm³/mol. The molecule has 17 aromatic rings. The van der Waals surface area contributed by atoms with Crippen molar-refractivity contribution in [1.82, 2.24) is 28.7 Å². The first kappa shape index (κ1) is 57.6. The average molecular weight is 1310 g/mol. The van der Waals surface area contributed by atoms with Crippen molar-refractivity contribution in [2.75, 3.05) is 0 Å². The third-order valence-electron chi connectivity index (χ3n) is 17.0. The zero-order chi connectivity index (χ0) is 62.1. The number of para-hydroxylation sites is 6. The number of fused-ring (bicyclic) bond motifs is 9. The van der Waals surface area contributed by atoms with Gasteiger partial charge < -0.3 is 23.7 Å². The minimum Gasteiger partial charge on any atom is -0.423 e. The number of hydrogen-bond donors (Lipinski definition) is 2. The first-order valence-corrected chi connectivity index (χ1v) is 31.9. The molecule has 0 saturated heterocycles. The number of nitrogens with zero attached hydrogens (tertiary/aromatic N) is 6. The Labute approximate surface area is 548 Å². The second kappa shape index (κ2) is 25.2. The Hall–Kier alpha value is -10.8. The van der Waals surface area contributed by atoms with Crippen LogP contribution in [0.4, 0.5) is 0 Å². The third-order valence-corrected chi connectivity index (χ3v) is 17.8. The van der Waals surface area contributed by atoms with Gasteiger partial charge in [-0.1, -0.05) is 206 Å². The highest BCUT2D eigenvalue weighted by molar-refractivity contribution is 9.11. The fourth-order valence-electron chi connectivity index (χ4n) is 12.8. The summed E-state index contributed by atoms with van der Waals surface area (Å²) in [6, 6.07) is 107.